The lowest BCUT2D eigenvalue weighted by Gasteiger charge is -2.38. The Balaban J connectivity index is 2.56. The largest absolute Gasteiger partial charge is 0.161 e. The second-order valence-electron chi connectivity index (χ2n) is 6.32. The molecule has 84 valence electrons. The average Bonchev–Trinajstić information content (AvgIpc) is 2.00. The maximum atomic E-state index is 2.48. The van der Waals surface area contributed by atoms with Crippen molar-refractivity contribution in [1.29, 1.82) is 0 Å². The van der Waals surface area contributed by atoms with Crippen LogP contribution in [-0.4, -0.2) is 11.5 Å². The van der Waals surface area contributed by atoms with Crippen molar-refractivity contribution in [2.24, 2.45) is 16.7 Å². The first kappa shape index (κ1) is 12.4. The van der Waals surface area contributed by atoms with Gasteiger partial charge >= 0.3 is 0 Å². The summed E-state index contributed by atoms with van der Waals surface area (Å²) in [5, 5.41) is 0. The van der Waals surface area contributed by atoms with Gasteiger partial charge in [0.25, 0.3) is 0 Å². The highest BCUT2D eigenvalue weighted by Crippen LogP contribution is 2.42. The van der Waals surface area contributed by atoms with E-state index >= 15 is 0 Å². The van der Waals surface area contributed by atoms with Crippen LogP contribution in [0.5, 0.6) is 0 Å². The molecule has 1 rings (SSSR count). The van der Waals surface area contributed by atoms with Gasteiger partial charge in [0.1, 0.15) is 0 Å². The normalized spacial score (nSPS) is 33.9. The van der Waals surface area contributed by atoms with E-state index in [2.05, 4.69) is 46.4 Å². The van der Waals surface area contributed by atoms with Crippen LogP contribution in [0.2, 0.25) is 0 Å². The molecule has 0 saturated carbocycles. The van der Waals surface area contributed by atoms with Gasteiger partial charge in [0, 0.05) is 0 Å². The van der Waals surface area contributed by atoms with Gasteiger partial charge in [0.05, 0.1) is 0 Å². The minimum atomic E-state index is 0.572. The molecule has 0 N–H and O–H groups in total. The fraction of sp³-hybridized carbons (Fsp3) is 1.00. The summed E-state index contributed by atoms with van der Waals surface area (Å²) >= 11 is 2.17. The molecule has 1 heteroatoms. The Bertz CT molecular complexity index is 170. The van der Waals surface area contributed by atoms with Gasteiger partial charge in [-0.15, -0.1) is 0 Å². The third-order valence-corrected chi connectivity index (χ3v) is 5.77. The van der Waals surface area contributed by atoms with E-state index < -0.39 is 0 Å². The second-order valence-corrected chi connectivity index (χ2v) is 7.30. The van der Waals surface area contributed by atoms with Crippen LogP contribution in [0.4, 0.5) is 0 Å². The number of rotatable bonds is 1. The van der Waals surface area contributed by atoms with Gasteiger partial charge in [-0.3, -0.25) is 0 Å². The highest BCUT2D eigenvalue weighted by Gasteiger charge is 2.31. The van der Waals surface area contributed by atoms with Crippen molar-refractivity contribution in [1.82, 2.24) is 0 Å². The number of hydrogen-bond acceptors (Lipinski definition) is 1. The van der Waals surface area contributed by atoms with Gasteiger partial charge in [-0.1, -0.05) is 41.0 Å². The molecule has 0 bridgehead atoms. The summed E-state index contributed by atoms with van der Waals surface area (Å²) in [4.78, 5) is 0. The van der Waals surface area contributed by atoms with Gasteiger partial charge in [-0.05, 0) is 41.1 Å². The van der Waals surface area contributed by atoms with Crippen molar-refractivity contribution in [2.45, 2.75) is 53.9 Å². The minimum absolute atomic E-state index is 0.572. The van der Waals surface area contributed by atoms with E-state index in [1.807, 2.05) is 0 Å². The van der Waals surface area contributed by atoms with Crippen molar-refractivity contribution >= 4 is 11.8 Å². The minimum Gasteiger partial charge on any atom is -0.161 e. The predicted octanol–water partition coefficient (Wildman–Crippen LogP) is 4.59. The molecule has 0 nitrogen and oxygen atoms in total. The summed E-state index contributed by atoms with van der Waals surface area (Å²) < 4.78 is 0. The first-order chi connectivity index (χ1) is 6.36. The molecule has 0 aliphatic carbocycles. The third-order valence-electron chi connectivity index (χ3n) is 3.92. The van der Waals surface area contributed by atoms with E-state index in [0.717, 1.165) is 5.92 Å². The van der Waals surface area contributed by atoms with Gasteiger partial charge in [-0.25, -0.2) is 0 Å². The molecule has 1 aliphatic heterocycles. The lowest BCUT2D eigenvalue weighted by molar-refractivity contribution is 0.209. The van der Waals surface area contributed by atoms with E-state index in [1.165, 1.54) is 30.8 Å². The molecule has 0 aromatic rings. The van der Waals surface area contributed by atoms with Crippen LogP contribution in [0.15, 0.2) is 0 Å². The van der Waals surface area contributed by atoms with Crippen LogP contribution in [-0.2, 0) is 0 Å². The van der Waals surface area contributed by atoms with Crippen LogP contribution >= 0.6 is 11.8 Å². The van der Waals surface area contributed by atoms with Crippen molar-refractivity contribution in [3.05, 3.63) is 0 Å². The fourth-order valence-electron chi connectivity index (χ4n) is 2.13. The van der Waals surface area contributed by atoms with Gasteiger partial charge in [0.15, 0.2) is 0 Å². The molecule has 14 heavy (non-hydrogen) atoms. The monoisotopic (exact) mass is 214 g/mol. The van der Waals surface area contributed by atoms with Gasteiger partial charge < -0.3 is 0 Å². The van der Waals surface area contributed by atoms with E-state index in [9.17, 15) is 0 Å². The molecular weight excluding hydrogens is 188 g/mol. The SMILES string of the molecule is CC(C)C1(C)CCCC(C)(C)CSC1. The zero-order valence-electron chi connectivity index (χ0n) is 10.5. The van der Waals surface area contributed by atoms with Gasteiger partial charge in [0.2, 0.25) is 0 Å². The van der Waals surface area contributed by atoms with Crippen LogP contribution in [0.1, 0.15) is 53.9 Å². The Labute approximate surface area is 94.2 Å². The Morgan fingerprint density at radius 1 is 1.00 bits per heavy atom. The molecule has 1 fully saturated rings. The van der Waals surface area contributed by atoms with E-state index in [4.69, 9.17) is 0 Å². The van der Waals surface area contributed by atoms with Crippen LogP contribution < -0.4 is 0 Å². The lowest BCUT2D eigenvalue weighted by Crippen LogP contribution is -2.30. The first-order valence-electron chi connectivity index (χ1n) is 5.93. The topological polar surface area (TPSA) is 0 Å². The molecule has 0 spiro atoms. The Morgan fingerprint density at radius 2 is 1.64 bits per heavy atom. The summed E-state index contributed by atoms with van der Waals surface area (Å²) in [6.45, 7) is 12.1. The van der Waals surface area contributed by atoms with Crippen LogP contribution in [0, 0.1) is 16.7 Å². The summed E-state index contributed by atoms with van der Waals surface area (Å²) in [7, 11) is 0. The molecule has 1 unspecified atom stereocenters. The maximum absolute atomic E-state index is 2.48. The third kappa shape index (κ3) is 3.18. The summed E-state index contributed by atoms with van der Waals surface area (Å²) in [6.07, 6.45) is 4.24. The van der Waals surface area contributed by atoms with Crippen molar-refractivity contribution in [3.63, 3.8) is 0 Å². The average molecular weight is 214 g/mol. The van der Waals surface area contributed by atoms with Crippen molar-refractivity contribution < 1.29 is 0 Å². The second kappa shape index (κ2) is 4.47. The molecule has 0 radical (unpaired) electrons. The highest BCUT2D eigenvalue weighted by atomic mass is 32.2. The smallest absolute Gasteiger partial charge is 0.00108 e. The first-order valence-corrected chi connectivity index (χ1v) is 7.09. The zero-order valence-corrected chi connectivity index (χ0v) is 11.3. The van der Waals surface area contributed by atoms with E-state index in [0.29, 0.717) is 10.8 Å². The molecule has 1 aliphatic rings. The Hall–Kier alpha value is 0.350. The Morgan fingerprint density at radius 3 is 2.21 bits per heavy atom. The molecule has 0 aromatic carbocycles. The van der Waals surface area contributed by atoms with E-state index in [1.54, 1.807) is 0 Å². The summed E-state index contributed by atoms with van der Waals surface area (Å²) in [5.41, 5.74) is 1.16. The molecule has 0 amide bonds. The molecule has 1 heterocycles. The number of thioether (sulfide) groups is 1. The number of hydrogen-bond donors (Lipinski definition) is 0. The maximum Gasteiger partial charge on any atom is -0.00108 e. The van der Waals surface area contributed by atoms with Crippen molar-refractivity contribution in [2.75, 3.05) is 11.5 Å². The lowest BCUT2D eigenvalue weighted by atomic mass is 9.75. The predicted molar refractivity (Wildman–Crippen MR) is 67.9 cm³/mol. The highest BCUT2D eigenvalue weighted by molar-refractivity contribution is 7.99. The molecule has 1 atom stereocenters. The van der Waals surface area contributed by atoms with Crippen molar-refractivity contribution in [3.8, 4) is 0 Å². The van der Waals surface area contributed by atoms with Crippen LogP contribution in [0.25, 0.3) is 0 Å². The van der Waals surface area contributed by atoms with E-state index in [-0.39, 0.29) is 0 Å². The summed E-state index contributed by atoms with van der Waals surface area (Å²) in [5.74, 6) is 3.53. The zero-order chi connectivity index (χ0) is 10.8. The van der Waals surface area contributed by atoms with Crippen LogP contribution in [0.3, 0.4) is 0 Å². The molecular formula is C13H26S. The molecule has 0 aromatic heterocycles. The summed E-state index contributed by atoms with van der Waals surface area (Å²) in [6, 6.07) is 0. The molecule has 1 saturated heterocycles. The Kier molecular flexibility index (Phi) is 3.96. The quantitative estimate of drug-likeness (QED) is 0.615. The standard InChI is InChI=1S/C13H26S/c1-11(2)13(5)8-6-7-12(3,4)9-14-10-13/h11H,6-10H2,1-5H3. The fourth-order valence-corrected chi connectivity index (χ4v) is 3.87. The van der Waals surface area contributed by atoms with Gasteiger partial charge in [-0.2, -0.15) is 11.8 Å².